The monoisotopic (exact) mass is 451 g/mol. The van der Waals surface area contributed by atoms with Crippen molar-refractivity contribution in [2.24, 2.45) is 0 Å². The van der Waals surface area contributed by atoms with E-state index in [0.29, 0.717) is 43.5 Å². The SMILES string of the molecule is CCOC(=O)c1c(-c2ccc(OC)cc2)c(-c2ccccc2)nc2c(Cl)ccc(Cl)c12. The number of ether oxygens (including phenoxy) is 2. The lowest BCUT2D eigenvalue weighted by atomic mass is 9.91. The quantitative estimate of drug-likeness (QED) is 0.304. The van der Waals surface area contributed by atoms with Crippen LogP contribution in [0.5, 0.6) is 5.75 Å². The van der Waals surface area contributed by atoms with Crippen molar-refractivity contribution < 1.29 is 14.3 Å². The van der Waals surface area contributed by atoms with Gasteiger partial charge in [0.05, 0.1) is 40.5 Å². The number of halogens is 2. The molecule has 1 heterocycles. The highest BCUT2D eigenvalue weighted by molar-refractivity contribution is 6.41. The van der Waals surface area contributed by atoms with Crippen LogP contribution < -0.4 is 4.74 Å². The van der Waals surface area contributed by atoms with Crippen LogP contribution in [0.2, 0.25) is 10.0 Å². The summed E-state index contributed by atoms with van der Waals surface area (Å²) in [5.74, 6) is 0.222. The fourth-order valence-electron chi connectivity index (χ4n) is 3.55. The van der Waals surface area contributed by atoms with Crippen molar-refractivity contribution in [1.29, 1.82) is 0 Å². The number of carbonyl (C=O) groups is 1. The van der Waals surface area contributed by atoms with Gasteiger partial charge in [-0.2, -0.15) is 0 Å². The second-order valence-electron chi connectivity index (χ2n) is 6.78. The van der Waals surface area contributed by atoms with Gasteiger partial charge in [0.15, 0.2) is 0 Å². The fourth-order valence-corrected chi connectivity index (χ4v) is 4.00. The highest BCUT2D eigenvalue weighted by Gasteiger charge is 2.26. The Balaban J connectivity index is 2.18. The average molecular weight is 452 g/mol. The third kappa shape index (κ3) is 3.97. The lowest BCUT2D eigenvalue weighted by molar-refractivity contribution is 0.0529. The van der Waals surface area contributed by atoms with E-state index in [4.69, 9.17) is 37.7 Å². The molecule has 3 aromatic carbocycles. The minimum Gasteiger partial charge on any atom is -0.497 e. The van der Waals surface area contributed by atoms with Gasteiger partial charge in [-0.05, 0) is 36.8 Å². The van der Waals surface area contributed by atoms with Crippen LogP contribution in [0.4, 0.5) is 0 Å². The van der Waals surface area contributed by atoms with E-state index in [9.17, 15) is 4.79 Å². The number of carbonyl (C=O) groups excluding carboxylic acids is 1. The molecule has 4 nitrogen and oxygen atoms in total. The maximum atomic E-state index is 13.2. The van der Waals surface area contributed by atoms with Crippen LogP contribution in [0.3, 0.4) is 0 Å². The van der Waals surface area contributed by atoms with E-state index < -0.39 is 5.97 Å². The Kier molecular flexibility index (Phi) is 6.12. The molecular weight excluding hydrogens is 433 g/mol. The number of pyridine rings is 1. The standard InChI is InChI=1S/C25H19Cl2NO3/c1-3-31-25(29)22-20(15-9-11-17(30-2)12-10-15)23(16-7-5-4-6-8-16)28-24-19(27)14-13-18(26)21(22)24/h4-14H,3H2,1-2H3. The predicted octanol–water partition coefficient (Wildman–Crippen LogP) is 7.06. The summed E-state index contributed by atoms with van der Waals surface area (Å²) in [4.78, 5) is 18.1. The maximum absolute atomic E-state index is 13.2. The lowest BCUT2D eigenvalue weighted by Gasteiger charge is -2.18. The second kappa shape index (κ2) is 8.96. The second-order valence-corrected chi connectivity index (χ2v) is 7.59. The molecule has 0 amide bonds. The Morgan fingerprint density at radius 2 is 1.58 bits per heavy atom. The van der Waals surface area contributed by atoms with Crippen molar-refractivity contribution in [2.45, 2.75) is 6.92 Å². The van der Waals surface area contributed by atoms with Crippen molar-refractivity contribution in [3.05, 3.63) is 82.3 Å². The van der Waals surface area contributed by atoms with Crippen molar-refractivity contribution in [3.63, 3.8) is 0 Å². The van der Waals surface area contributed by atoms with E-state index >= 15 is 0 Å². The molecular formula is C25H19Cl2NO3. The van der Waals surface area contributed by atoms with Crippen LogP contribution in [-0.4, -0.2) is 24.7 Å². The number of fused-ring (bicyclic) bond motifs is 1. The summed E-state index contributed by atoms with van der Waals surface area (Å²) < 4.78 is 10.7. The molecule has 31 heavy (non-hydrogen) atoms. The van der Waals surface area contributed by atoms with Crippen molar-refractivity contribution in [1.82, 2.24) is 4.98 Å². The van der Waals surface area contributed by atoms with Crippen LogP contribution >= 0.6 is 23.2 Å². The Morgan fingerprint density at radius 3 is 2.23 bits per heavy atom. The Labute approximate surface area is 190 Å². The number of aromatic nitrogens is 1. The minimum atomic E-state index is -0.484. The summed E-state index contributed by atoms with van der Waals surface area (Å²) in [6.07, 6.45) is 0. The summed E-state index contributed by atoms with van der Waals surface area (Å²) in [6.45, 7) is 1.99. The number of esters is 1. The molecule has 0 atom stereocenters. The number of hydrogen-bond donors (Lipinski definition) is 0. The predicted molar refractivity (Wildman–Crippen MR) is 125 cm³/mol. The van der Waals surface area contributed by atoms with Crippen LogP contribution in [0, 0.1) is 0 Å². The maximum Gasteiger partial charge on any atom is 0.339 e. The molecule has 0 aliphatic carbocycles. The zero-order valence-electron chi connectivity index (χ0n) is 17.0. The lowest BCUT2D eigenvalue weighted by Crippen LogP contribution is -2.10. The molecule has 0 unspecified atom stereocenters. The van der Waals surface area contributed by atoms with E-state index in [-0.39, 0.29) is 6.61 Å². The van der Waals surface area contributed by atoms with Gasteiger partial charge in [-0.15, -0.1) is 0 Å². The molecule has 0 N–H and O–H groups in total. The van der Waals surface area contributed by atoms with E-state index in [1.165, 1.54) is 0 Å². The van der Waals surface area contributed by atoms with E-state index in [1.807, 2.05) is 54.6 Å². The molecule has 0 radical (unpaired) electrons. The summed E-state index contributed by atoms with van der Waals surface area (Å²) in [6, 6.07) is 20.4. The summed E-state index contributed by atoms with van der Waals surface area (Å²) in [7, 11) is 1.60. The summed E-state index contributed by atoms with van der Waals surface area (Å²) in [5.41, 5.74) is 3.66. The third-order valence-electron chi connectivity index (χ3n) is 4.94. The van der Waals surface area contributed by atoms with Crippen LogP contribution in [0.15, 0.2) is 66.7 Å². The van der Waals surface area contributed by atoms with E-state index in [0.717, 1.165) is 11.1 Å². The molecule has 0 bridgehead atoms. The molecule has 0 fully saturated rings. The summed E-state index contributed by atoms with van der Waals surface area (Å²) >= 11 is 13.0. The minimum absolute atomic E-state index is 0.226. The van der Waals surface area contributed by atoms with Crippen molar-refractivity contribution >= 4 is 40.1 Å². The fraction of sp³-hybridized carbons (Fsp3) is 0.120. The van der Waals surface area contributed by atoms with E-state index in [1.54, 1.807) is 26.2 Å². The normalized spacial score (nSPS) is 10.8. The zero-order valence-corrected chi connectivity index (χ0v) is 18.5. The van der Waals surface area contributed by atoms with Crippen LogP contribution in [-0.2, 0) is 4.74 Å². The largest absolute Gasteiger partial charge is 0.497 e. The zero-order chi connectivity index (χ0) is 22.0. The van der Waals surface area contributed by atoms with Crippen molar-refractivity contribution in [2.75, 3.05) is 13.7 Å². The van der Waals surface area contributed by atoms with Gasteiger partial charge in [0.2, 0.25) is 0 Å². The average Bonchev–Trinajstić information content (AvgIpc) is 2.81. The van der Waals surface area contributed by atoms with Gasteiger partial charge in [-0.3, -0.25) is 0 Å². The van der Waals surface area contributed by atoms with Crippen LogP contribution in [0.1, 0.15) is 17.3 Å². The third-order valence-corrected chi connectivity index (χ3v) is 5.56. The first-order valence-electron chi connectivity index (χ1n) is 9.73. The molecule has 0 saturated heterocycles. The highest BCUT2D eigenvalue weighted by atomic mass is 35.5. The van der Waals surface area contributed by atoms with Gasteiger partial charge in [-0.25, -0.2) is 9.78 Å². The van der Waals surface area contributed by atoms with Gasteiger partial charge in [0.25, 0.3) is 0 Å². The van der Waals surface area contributed by atoms with Gasteiger partial charge in [0, 0.05) is 16.5 Å². The molecule has 0 spiro atoms. The Bertz CT molecular complexity index is 1260. The first kappa shape index (κ1) is 21.2. The van der Waals surface area contributed by atoms with E-state index in [2.05, 4.69) is 0 Å². The van der Waals surface area contributed by atoms with Crippen molar-refractivity contribution in [3.8, 4) is 28.1 Å². The molecule has 0 aliphatic rings. The number of rotatable bonds is 5. The Morgan fingerprint density at radius 1 is 0.903 bits per heavy atom. The molecule has 4 rings (SSSR count). The first-order chi connectivity index (χ1) is 15.0. The van der Waals surface area contributed by atoms with Gasteiger partial charge >= 0.3 is 5.97 Å². The smallest absolute Gasteiger partial charge is 0.339 e. The highest BCUT2D eigenvalue weighted by Crippen LogP contribution is 2.42. The topological polar surface area (TPSA) is 48.4 Å². The first-order valence-corrected chi connectivity index (χ1v) is 10.5. The number of benzene rings is 3. The molecule has 0 aliphatic heterocycles. The summed E-state index contributed by atoms with van der Waals surface area (Å²) in [5, 5.41) is 1.26. The van der Waals surface area contributed by atoms with Gasteiger partial charge in [0.1, 0.15) is 5.75 Å². The molecule has 0 saturated carbocycles. The van der Waals surface area contributed by atoms with Gasteiger partial charge in [-0.1, -0.05) is 65.7 Å². The number of nitrogens with zero attached hydrogens (tertiary/aromatic N) is 1. The Hall–Kier alpha value is -3.08. The van der Waals surface area contributed by atoms with Crippen LogP contribution in [0.25, 0.3) is 33.3 Å². The molecule has 4 aromatic rings. The molecule has 6 heteroatoms. The molecule has 156 valence electrons. The van der Waals surface area contributed by atoms with Gasteiger partial charge < -0.3 is 9.47 Å². The number of hydrogen-bond acceptors (Lipinski definition) is 4. The molecule has 1 aromatic heterocycles. The number of methoxy groups -OCH3 is 1.